The van der Waals surface area contributed by atoms with Crippen LogP contribution in [-0.4, -0.2) is 61.9 Å². The Bertz CT molecular complexity index is 494. The van der Waals surface area contributed by atoms with Crippen LogP contribution in [0.2, 0.25) is 0 Å². The topological polar surface area (TPSA) is 76.5 Å². The molecule has 108 valence electrons. The number of hydrogen-bond acceptors (Lipinski definition) is 5. The van der Waals surface area contributed by atoms with E-state index < -0.39 is 10.0 Å². The fourth-order valence-electron chi connectivity index (χ4n) is 1.91. The van der Waals surface area contributed by atoms with Gasteiger partial charge in [-0.2, -0.15) is 9.40 Å². The molecule has 8 heteroatoms. The molecule has 1 saturated heterocycles. The number of morpholine rings is 1. The standard InChI is InChI=1S/C11H20N4O3S/c1-2-12-3-4-14-10-11(9-13-14)19(16,17)15-5-7-18-8-6-15/h9-10,12H,2-8H2,1H3. The molecule has 0 bridgehead atoms. The number of aromatic nitrogens is 2. The average Bonchev–Trinajstić information content (AvgIpc) is 2.90. The molecule has 0 amide bonds. The van der Waals surface area contributed by atoms with E-state index >= 15 is 0 Å². The van der Waals surface area contributed by atoms with Gasteiger partial charge in [0.2, 0.25) is 10.0 Å². The number of rotatable bonds is 6. The summed E-state index contributed by atoms with van der Waals surface area (Å²) in [4.78, 5) is 0.255. The summed E-state index contributed by atoms with van der Waals surface area (Å²) >= 11 is 0. The van der Waals surface area contributed by atoms with E-state index in [4.69, 9.17) is 4.74 Å². The second-order valence-electron chi connectivity index (χ2n) is 4.31. The number of hydrogen-bond donors (Lipinski definition) is 1. The van der Waals surface area contributed by atoms with E-state index in [-0.39, 0.29) is 4.90 Å². The third-order valence-corrected chi connectivity index (χ3v) is 4.84. The summed E-state index contributed by atoms with van der Waals surface area (Å²) in [5, 5.41) is 7.26. The summed E-state index contributed by atoms with van der Waals surface area (Å²) in [6.07, 6.45) is 3.00. The van der Waals surface area contributed by atoms with Crippen LogP contribution in [0.5, 0.6) is 0 Å². The molecule has 0 aliphatic carbocycles. The molecule has 0 atom stereocenters. The van der Waals surface area contributed by atoms with Crippen molar-refractivity contribution < 1.29 is 13.2 Å². The van der Waals surface area contributed by atoms with E-state index in [1.165, 1.54) is 10.5 Å². The Balaban J connectivity index is 2.03. The minimum absolute atomic E-state index is 0.255. The molecule has 1 aromatic rings. The minimum Gasteiger partial charge on any atom is -0.379 e. The Hall–Kier alpha value is -0.960. The van der Waals surface area contributed by atoms with Crippen molar-refractivity contribution in [1.82, 2.24) is 19.4 Å². The number of likely N-dealkylation sites (N-methyl/N-ethyl adjacent to an activating group) is 1. The molecule has 1 fully saturated rings. The van der Waals surface area contributed by atoms with E-state index in [1.807, 2.05) is 6.92 Å². The normalized spacial score (nSPS) is 17.7. The van der Waals surface area contributed by atoms with Crippen molar-refractivity contribution >= 4 is 10.0 Å². The van der Waals surface area contributed by atoms with Gasteiger partial charge in [-0.15, -0.1) is 0 Å². The first-order chi connectivity index (χ1) is 9.14. The summed E-state index contributed by atoms with van der Waals surface area (Å²) in [5.41, 5.74) is 0. The summed E-state index contributed by atoms with van der Waals surface area (Å²) in [6.45, 7) is 6.07. The van der Waals surface area contributed by atoms with Gasteiger partial charge in [-0.3, -0.25) is 4.68 Å². The second kappa shape index (κ2) is 6.47. The predicted octanol–water partition coefficient (Wildman–Crippen LogP) is -0.486. The summed E-state index contributed by atoms with van der Waals surface area (Å²) in [5.74, 6) is 0. The first kappa shape index (κ1) is 14.4. The molecule has 2 rings (SSSR count). The fraction of sp³-hybridized carbons (Fsp3) is 0.727. The number of nitrogens with one attached hydrogen (secondary N) is 1. The van der Waals surface area contributed by atoms with Gasteiger partial charge < -0.3 is 10.1 Å². The third-order valence-electron chi connectivity index (χ3n) is 2.99. The highest BCUT2D eigenvalue weighted by Gasteiger charge is 2.27. The van der Waals surface area contributed by atoms with Crippen molar-refractivity contribution in [3.63, 3.8) is 0 Å². The van der Waals surface area contributed by atoms with Gasteiger partial charge in [0.25, 0.3) is 0 Å². The molecule has 2 heterocycles. The van der Waals surface area contributed by atoms with Crippen molar-refractivity contribution in [2.24, 2.45) is 0 Å². The highest BCUT2D eigenvalue weighted by Crippen LogP contribution is 2.15. The molecule has 19 heavy (non-hydrogen) atoms. The molecule has 1 aliphatic heterocycles. The number of sulfonamides is 1. The molecule has 0 aromatic carbocycles. The smallest absolute Gasteiger partial charge is 0.246 e. The van der Waals surface area contributed by atoms with Crippen molar-refractivity contribution in [3.05, 3.63) is 12.4 Å². The number of nitrogens with zero attached hydrogens (tertiary/aromatic N) is 3. The van der Waals surface area contributed by atoms with Crippen LogP contribution in [0.15, 0.2) is 17.3 Å². The Morgan fingerprint density at radius 2 is 2.16 bits per heavy atom. The van der Waals surface area contributed by atoms with Crippen LogP contribution in [0.3, 0.4) is 0 Å². The van der Waals surface area contributed by atoms with E-state index in [0.717, 1.165) is 13.1 Å². The zero-order valence-corrected chi connectivity index (χ0v) is 11.9. The van der Waals surface area contributed by atoms with Crippen LogP contribution in [-0.2, 0) is 21.3 Å². The average molecular weight is 288 g/mol. The molecule has 0 spiro atoms. The van der Waals surface area contributed by atoms with Crippen LogP contribution >= 0.6 is 0 Å². The Kier molecular flexibility index (Phi) is 4.92. The molecular formula is C11H20N4O3S. The van der Waals surface area contributed by atoms with Crippen LogP contribution in [0.1, 0.15) is 6.92 Å². The van der Waals surface area contributed by atoms with Gasteiger partial charge in [0.1, 0.15) is 4.90 Å². The van der Waals surface area contributed by atoms with Gasteiger partial charge in [0.05, 0.1) is 26.0 Å². The minimum atomic E-state index is -3.42. The zero-order valence-electron chi connectivity index (χ0n) is 11.1. The fourth-order valence-corrected chi connectivity index (χ4v) is 3.27. The molecule has 1 aliphatic rings. The molecule has 1 N–H and O–H groups in total. The summed E-state index contributed by atoms with van der Waals surface area (Å²) < 4.78 is 32.9. The van der Waals surface area contributed by atoms with Gasteiger partial charge >= 0.3 is 0 Å². The first-order valence-electron chi connectivity index (χ1n) is 6.45. The van der Waals surface area contributed by atoms with Crippen molar-refractivity contribution in [2.45, 2.75) is 18.4 Å². The highest BCUT2D eigenvalue weighted by molar-refractivity contribution is 7.89. The van der Waals surface area contributed by atoms with E-state index in [1.54, 1.807) is 10.9 Å². The van der Waals surface area contributed by atoms with Gasteiger partial charge in [0, 0.05) is 25.8 Å². The Morgan fingerprint density at radius 3 is 2.84 bits per heavy atom. The van der Waals surface area contributed by atoms with Gasteiger partial charge in [-0.1, -0.05) is 6.92 Å². The van der Waals surface area contributed by atoms with Crippen LogP contribution < -0.4 is 5.32 Å². The molecule has 0 saturated carbocycles. The second-order valence-corrected chi connectivity index (χ2v) is 6.25. The van der Waals surface area contributed by atoms with Crippen molar-refractivity contribution in [3.8, 4) is 0 Å². The zero-order chi connectivity index (χ0) is 13.7. The maximum absolute atomic E-state index is 12.3. The first-order valence-corrected chi connectivity index (χ1v) is 7.89. The van der Waals surface area contributed by atoms with Crippen LogP contribution in [0, 0.1) is 0 Å². The quantitative estimate of drug-likeness (QED) is 0.715. The number of ether oxygens (including phenoxy) is 1. The SMILES string of the molecule is CCNCCn1cc(S(=O)(=O)N2CCOCC2)cn1. The summed E-state index contributed by atoms with van der Waals surface area (Å²) in [6, 6.07) is 0. The maximum atomic E-state index is 12.3. The van der Waals surface area contributed by atoms with E-state index in [2.05, 4.69) is 10.4 Å². The van der Waals surface area contributed by atoms with E-state index in [9.17, 15) is 8.42 Å². The van der Waals surface area contributed by atoms with Gasteiger partial charge in [0.15, 0.2) is 0 Å². The maximum Gasteiger partial charge on any atom is 0.246 e. The van der Waals surface area contributed by atoms with E-state index in [0.29, 0.717) is 32.8 Å². The highest BCUT2D eigenvalue weighted by atomic mass is 32.2. The lowest BCUT2D eigenvalue weighted by atomic mass is 10.5. The van der Waals surface area contributed by atoms with Gasteiger partial charge in [-0.05, 0) is 6.54 Å². The van der Waals surface area contributed by atoms with Crippen molar-refractivity contribution in [2.75, 3.05) is 39.4 Å². The molecule has 1 aromatic heterocycles. The van der Waals surface area contributed by atoms with Crippen LogP contribution in [0.4, 0.5) is 0 Å². The monoisotopic (exact) mass is 288 g/mol. The molecular weight excluding hydrogens is 268 g/mol. The van der Waals surface area contributed by atoms with Crippen molar-refractivity contribution in [1.29, 1.82) is 0 Å². The Morgan fingerprint density at radius 1 is 1.42 bits per heavy atom. The largest absolute Gasteiger partial charge is 0.379 e. The van der Waals surface area contributed by atoms with Crippen LogP contribution in [0.25, 0.3) is 0 Å². The van der Waals surface area contributed by atoms with Gasteiger partial charge in [-0.25, -0.2) is 8.42 Å². The molecule has 0 radical (unpaired) electrons. The molecule has 7 nitrogen and oxygen atoms in total. The third kappa shape index (κ3) is 3.53. The lowest BCUT2D eigenvalue weighted by Crippen LogP contribution is -2.40. The lowest BCUT2D eigenvalue weighted by Gasteiger charge is -2.25. The summed E-state index contributed by atoms with van der Waals surface area (Å²) in [7, 11) is -3.42. The predicted molar refractivity (Wildman–Crippen MR) is 70.3 cm³/mol. The Labute approximate surface area is 113 Å². The lowest BCUT2D eigenvalue weighted by molar-refractivity contribution is 0.0730. The molecule has 0 unspecified atom stereocenters.